The van der Waals surface area contributed by atoms with Crippen LogP contribution in [0.25, 0.3) is 0 Å². The average Bonchev–Trinajstić information content (AvgIpc) is 2.36. The van der Waals surface area contributed by atoms with E-state index in [4.69, 9.17) is 11.6 Å². The summed E-state index contributed by atoms with van der Waals surface area (Å²) in [5, 5.41) is 3.49. The minimum absolute atomic E-state index is 0.203. The predicted molar refractivity (Wildman–Crippen MR) is 76.3 cm³/mol. The van der Waals surface area contributed by atoms with E-state index in [2.05, 4.69) is 29.1 Å². The summed E-state index contributed by atoms with van der Waals surface area (Å²) < 4.78 is 0. The van der Waals surface area contributed by atoms with E-state index in [0.717, 1.165) is 31.6 Å². The Kier molecular flexibility index (Phi) is 4.44. The fourth-order valence-electron chi connectivity index (χ4n) is 2.34. The Morgan fingerprint density at radius 2 is 2.06 bits per heavy atom. The molecule has 3 nitrogen and oxygen atoms in total. The fraction of sp³-hybridized carbons (Fsp3) is 0.714. The molecule has 1 aliphatic carbocycles. The third kappa shape index (κ3) is 3.35. The van der Waals surface area contributed by atoms with Gasteiger partial charge in [0.1, 0.15) is 12.1 Å². The first-order chi connectivity index (χ1) is 8.62. The molecule has 0 radical (unpaired) electrons. The molecule has 0 saturated heterocycles. The number of hydrogen-bond donors (Lipinski definition) is 1. The van der Waals surface area contributed by atoms with E-state index < -0.39 is 0 Å². The fourth-order valence-corrected chi connectivity index (χ4v) is 2.85. The van der Waals surface area contributed by atoms with Crippen LogP contribution in [0.15, 0.2) is 6.33 Å². The highest BCUT2D eigenvalue weighted by atomic mass is 35.5. The summed E-state index contributed by atoms with van der Waals surface area (Å²) in [6, 6.07) is 0. The summed E-state index contributed by atoms with van der Waals surface area (Å²) in [5.74, 6) is 1.73. The van der Waals surface area contributed by atoms with Crippen LogP contribution in [0.1, 0.15) is 44.4 Å². The van der Waals surface area contributed by atoms with Crippen LogP contribution in [-0.2, 0) is 12.8 Å². The molecule has 0 bridgehead atoms. The summed E-state index contributed by atoms with van der Waals surface area (Å²) in [6.45, 7) is 5.37. The lowest BCUT2D eigenvalue weighted by atomic mass is 9.90. The molecule has 0 spiro atoms. The van der Waals surface area contributed by atoms with Crippen LogP contribution in [0.2, 0.25) is 0 Å². The van der Waals surface area contributed by atoms with Crippen LogP contribution < -0.4 is 5.32 Å². The van der Waals surface area contributed by atoms with Crippen LogP contribution in [0.5, 0.6) is 0 Å². The standard InChI is InChI=1S/C14H22ClN3/c1-14(2,7-8-15)9-16-13-11-5-3-4-6-12(11)17-10-18-13/h10H,3-9H2,1-2H3,(H,16,17,18). The molecule has 0 aromatic carbocycles. The normalized spacial score (nSPS) is 15.3. The first-order valence-corrected chi connectivity index (χ1v) is 7.28. The van der Waals surface area contributed by atoms with Gasteiger partial charge in [0.2, 0.25) is 0 Å². The van der Waals surface area contributed by atoms with Crippen molar-refractivity contribution in [1.82, 2.24) is 9.97 Å². The zero-order valence-electron chi connectivity index (χ0n) is 11.3. The molecule has 0 fully saturated rings. The lowest BCUT2D eigenvalue weighted by molar-refractivity contribution is 0.378. The number of aromatic nitrogens is 2. The van der Waals surface area contributed by atoms with Gasteiger partial charge in [-0.15, -0.1) is 11.6 Å². The molecule has 1 aromatic rings. The second-order valence-electron chi connectivity index (χ2n) is 5.81. The number of hydrogen-bond acceptors (Lipinski definition) is 3. The molecule has 1 aromatic heterocycles. The molecule has 18 heavy (non-hydrogen) atoms. The summed E-state index contributed by atoms with van der Waals surface area (Å²) >= 11 is 5.83. The maximum absolute atomic E-state index is 5.83. The van der Waals surface area contributed by atoms with Crippen LogP contribution in [-0.4, -0.2) is 22.4 Å². The molecule has 1 heterocycles. The van der Waals surface area contributed by atoms with Gasteiger partial charge in [0.25, 0.3) is 0 Å². The van der Waals surface area contributed by atoms with Crippen molar-refractivity contribution in [3.63, 3.8) is 0 Å². The van der Waals surface area contributed by atoms with Crippen molar-refractivity contribution in [3.8, 4) is 0 Å². The maximum atomic E-state index is 5.83. The van der Waals surface area contributed by atoms with E-state index in [1.807, 2.05) is 0 Å². The first-order valence-electron chi connectivity index (χ1n) is 6.75. The van der Waals surface area contributed by atoms with Crippen molar-refractivity contribution in [2.45, 2.75) is 46.0 Å². The minimum atomic E-state index is 0.203. The zero-order chi connectivity index (χ0) is 13.0. The molecule has 0 saturated carbocycles. The topological polar surface area (TPSA) is 37.8 Å². The van der Waals surface area contributed by atoms with Crippen LogP contribution in [0, 0.1) is 5.41 Å². The van der Waals surface area contributed by atoms with Gasteiger partial charge < -0.3 is 5.32 Å². The Bertz CT molecular complexity index is 404. The lowest BCUT2D eigenvalue weighted by Crippen LogP contribution is -2.25. The Hall–Kier alpha value is -0.830. The number of alkyl halides is 1. The molecule has 100 valence electrons. The van der Waals surface area contributed by atoms with Crippen molar-refractivity contribution >= 4 is 17.4 Å². The Labute approximate surface area is 114 Å². The van der Waals surface area contributed by atoms with Gasteiger partial charge in [-0.3, -0.25) is 0 Å². The second kappa shape index (κ2) is 5.87. The third-order valence-electron chi connectivity index (χ3n) is 3.63. The molecule has 0 amide bonds. The van der Waals surface area contributed by atoms with Crippen LogP contribution >= 0.6 is 11.6 Å². The summed E-state index contributed by atoms with van der Waals surface area (Å²) in [6.07, 6.45) is 7.39. The molecule has 4 heteroatoms. The number of halogens is 1. The van der Waals surface area contributed by atoms with Crippen molar-refractivity contribution in [1.29, 1.82) is 0 Å². The van der Waals surface area contributed by atoms with E-state index in [1.54, 1.807) is 6.33 Å². The maximum Gasteiger partial charge on any atom is 0.132 e. The molecule has 0 aliphatic heterocycles. The van der Waals surface area contributed by atoms with E-state index in [1.165, 1.54) is 24.1 Å². The smallest absolute Gasteiger partial charge is 0.132 e. The molecular formula is C14H22ClN3. The molecular weight excluding hydrogens is 246 g/mol. The van der Waals surface area contributed by atoms with E-state index in [-0.39, 0.29) is 5.41 Å². The highest BCUT2D eigenvalue weighted by Gasteiger charge is 2.20. The van der Waals surface area contributed by atoms with Gasteiger partial charge in [-0.25, -0.2) is 9.97 Å². The quantitative estimate of drug-likeness (QED) is 0.831. The van der Waals surface area contributed by atoms with Crippen molar-refractivity contribution in [2.75, 3.05) is 17.7 Å². The highest BCUT2D eigenvalue weighted by Crippen LogP contribution is 2.26. The van der Waals surface area contributed by atoms with Gasteiger partial charge in [0, 0.05) is 23.7 Å². The predicted octanol–water partition coefficient (Wildman–Crippen LogP) is 3.42. The van der Waals surface area contributed by atoms with E-state index >= 15 is 0 Å². The number of aryl methyl sites for hydroxylation is 1. The van der Waals surface area contributed by atoms with Crippen molar-refractivity contribution < 1.29 is 0 Å². The van der Waals surface area contributed by atoms with Crippen molar-refractivity contribution in [2.24, 2.45) is 5.41 Å². The van der Waals surface area contributed by atoms with Crippen LogP contribution in [0.4, 0.5) is 5.82 Å². The summed E-state index contributed by atoms with van der Waals surface area (Å²) in [7, 11) is 0. The molecule has 1 aliphatic rings. The number of anilines is 1. The van der Waals surface area contributed by atoms with Gasteiger partial charge >= 0.3 is 0 Å². The van der Waals surface area contributed by atoms with Gasteiger partial charge in [0.15, 0.2) is 0 Å². The number of nitrogens with one attached hydrogen (secondary N) is 1. The second-order valence-corrected chi connectivity index (χ2v) is 6.19. The Morgan fingerprint density at radius 1 is 1.28 bits per heavy atom. The highest BCUT2D eigenvalue weighted by molar-refractivity contribution is 6.17. The third-order valence-corrected chi connectivity index (χ3v) is 3.82. The SMILES string of the molecule is CC(C)(CCCl)CNc1ncnc2c1CCCC2. The largest absolute Gasteiger partial charge is 0.369 e. The average molecular weight is 268 g/mol. The monoisotopic (exact) mass is 267 g/mol. The van der Waals surface area contributed by atoms with Crippen LogP contribution in [0.3, 0.4) is 0 Å². The van der Waals surface area contributed by atoms with Gasteiger partial charge in [-0.1, -0.05) is 13.8 Å². The minimum Gasteiger partial charge on any atom is -0.369 e. The van der Waals surface area contributed by atoms with E-state index in [9.17, 15) is 0 Å². The molecule has 0 atom stereocenters. The molecule has 2 rings (SSSR count). The number of rotatable bonds is 5. The number of fused-ring (bicyclic) bond motifs is 1. The zero-order valence-corrected chi connectivity index (χ0v) is 12.1. The summed E-state index contributed by atoms with van der Waals surface area (Å²) in [4.78, 5) is 8.79. The van der Waals surface area contributed by atoms with Gasteiger partial charge in [-0.05, 0) is 37.5 Å². The number of nitrogens with zero attached hydrogens (tertiary/aromatic N) is 2. The van der Waals surface area contributed by atoms with E-state index in [0.29, 0.717) is 5.88 Å². The Balaban J connectivity index is 2.05. The van der Waals surface area contributed by atoms with Crippen molar-refractivity contribution in [3.05, 3.63) is 17.6 Å². The molecule has 1 N–H and O–H groups in total. The lowest BCUT2D eigenvalue weighted by Gasteiger charge is -2.26. The Morgan fingerprint density at radius 3 is 2.83 bits per heavy atom. The van der Waals surface area contributed by atoms with Gasteiger partial charge in [-0.2, -0.15) is 0 Å². The molecule has 0 unspecified atom stereocenters. The first kappa shape index (κ1) is 13.6. The van der Waals surface area contributed by atoms with Gasteiger partial charge in [0.05, 0.1) is 0 Å². The summed E-state index contributed by atoms with van der Waals surface area (Å²) in [5.41, 5.74) is 2.76.